The Labute approximate surface area is 188 Å². The number of hydrogen-bond acceptors (Lipinski definition) is 5. The summed E-state index contributed by atoms with van der Waals surface area (Å²) < 4.78 is 2.03. The lowest BCUT2D eigenvalue weighted by molar-refractivity contribution is -0.120. The summed E-state index contributed by atoms with van der Waals surface area (Å²) >= 11 is 1.45. The van der Waals surface area contributed by atoms with E-state index in [1.54, 1.807) is 0 Å². The molecule has 1 amide bonds. The molecule has 1 aliphatic rings. The molecule has 0 bridgehead atoms. The number of carbonyl (C=O) groups excluding carboxylic acids is 1. The number of para-hydroxylation sites is 1. The van der Waals surface area contributed by atoms with Gasteiger partial charge in [0.25, 0.3) is 0 Å². The highest BCUT2D eigenvalue weighted by Gasteiger charge is 2.27. The molecule has 3 aromatic rings. The van der Waals surface area contributed by atoms with Crippen LogP contribution in [0.5, 0.6) is 0 Å². The second-order valence-electron chi connectivity index (χ2n) is 8.13. The highest BCUT2D eigenvalue weighted by molar-refractivity contribution is 8.00. The number of thioether (sulfide) groups is 1. The molecule has 1 aliphatic heterocycles. The van der Waals surface area contributed by atoms with Gasteiger partial charge in [-0.3, -0.25) is 14.3 Å². The Balaban J connectivity index is 1.35. The maximum Gasteiger partial charge on any atom is 0.233 e. The Morgan fingerprint density at radius 3 is 2.65 bits per heavy atom. The fraction of sp³-hybridized carbons (Fsp3) is 0.375. The van der Waals surface area contributed by atoms with E-state index in [1.807, 2.05) is 36.6 Å². The van der Waals surface area contributed by atoms with Crippen LogP contribution in [0.4, 0.5) is 0 Å². The van der Waals surface area contributed by atoms with E-state index in [2.05, 4.69) is 63.7 Å². The Morgan fingerprint density at radius 2 is 1.87 bits per heavy atom. The van der Waals surface area contributed by atoms with Crippen molar-refractivity contribution in [3.8, 4) is 5.69 Å². The lowest BCUT2D eigenvalue weighted by Gasteiger charge is -2.19. The van der Waals surface area contributed by atoms with E-state index in [-0.39, 0.29) is 17.2 Å². The molecular weight excluding hydrogens is 406 g/mol. The molecule has 0 saturated carbocycles. The minimum Gasteiger partial charge on any atom is -0.351 e. The molecule has 2 heterocycles. The average molecular weight is 436 g/mol. The summed E-state index contributed by atoms with van der Waals surface area (Å²) in [5, 5.41) is 12.3. The van der Waals surface area contributed by atoms with E-state index in [1.165, 1.54) is 17.3 Å². The normalized spacial score (nSPS) is 17.6. The quantitative estimate of drug-likeness (QED) is 0.573. The van der Waals surface area contributed by atoms with Crippen molar-refractivity contribution in [1.29, 1.82) is 0 Å². The van der Waals surface area contributed by atoms with E-state index in [9.17, 15) is 4.79 Å². The Hall–Kier alpha value is -2.64. The van der Waals surface area contributed by atoms with E-state index >= 15 is 0 Å². The van der Waals surface area contributed by atoms with Gasteiger partial charge in [0.2, 0.25) is 5.91 Å². The van der Waals surface area contributed by atoms with Crippen LogP contribution in [0.25, 0.3) is 5.69 Å². The van der Waals surface area contributed by atoms with Crippen LogP contribution in [-0.2, 0) is 11.3 Å². The number of carbonyl (C=O) groups is 1. The van der Waals surface area contributed by atoms with Crippen molar-refractivity contribution in [2.24, 2.45) is 0 Å². The second-order valence-corrected chi connectivity index (χ2v) is 9.43. The maximum absolute atomic E-state index is 12.9. The first-order valence-corrected chi connectivity index (χ1v) is 11.6. The molecule has 2 aromatic carbocycles. The molecule has 162 valence electrons. The molecule has 0 radical (unpaired) electrons. The van der Waals surface area contributed by atoms with Crippen LogP contribution in [0.3, 0.4) is 0 Å². The monoisotopic (exact) mass is 435 g/mol. The third kappa shape index (κ3) is 5.17. The second kappa shape index (κ2) is 9.66. The predicted octanol–water partition coefficient (Wildman–Crippen LogP) is 3.76. The van der Waals surface area contributed by atoms with Crippen LogP contribution in [0.1, 0.15) is 30.3 Å². The Bertz CT molecular complexity index is 1040. The zero-order chi connectivity index (χ0) is 21.8. The van der Waals surface area contributed by atoms with Gasteiger partial charge in [0.15, 0.2) is 5.16 Å². The minimum absolute atomic E-state index is 0.0496. The Morgan fingerprint density at radius 1 is 1.13 bits per heavy atom. The predicted molar refractivity (Wildman–Crippen MR) is 124 cm³/mol. The fourth-order valence-corrected chi connectivity index (χ4v) is 4.89. The SMILES string of the molecule is Cc1ccccc1-n1c(C)nnc1SC(C)C(=O)NC1CCN(Cc2ccccc2)C1. The number of aryl methyl sites for hydroxylation is 2. The first kappa shape index (κ1) is 21.6. The molecule has 7 heteroatoms. The number of likely N-dealkylation sites (tertiary alicyclic amines) is 1. The number of rotatable bonds is 7. The van der Waals surface area contributed by atoms with Crippen molar-refractivity contribution in [3.05, 3.63) is 71.5 Å². The zero-order valence-corrected chi connectivity index (χ0v) is 19.1. The number of hydrogen-bond donors (Lipinski definition) is 1. The smallest absolute Gasteiger partial charge is 0.233 e. The number of nitrogens with one attached hydrogen (secondary N) is 1. The van der Waals surface area contributed by atoms with Gasteiger partial charge in [-0.15, -0.1) is 10.2 Å². The van der Waals surface area contributed by atoms with Crippen molar-refractivity contribution in [1.82, 2.24) is 25.0 Å². The van der Waals surface area contributed by atoms with Crippen LogP contribution < -0.4 is 5.32 Å². The first-order valence-electron chi connectivity index (χ1n) is 10.7. The molecule has 2 atom stereocenters. The van der Waals surface area contributed by atoms with Crippen molar-refractivity contribution in [3.63, 3.8) is 0 Å². The van der Waals surface area contributed by atoms with Gasteiger partial charge in [0.05, 0.1) is 10.9 Å². The number of nitrogens with zero attached hydrogens (tertiary/aromatic N) is 4. The van der Waals surface area contributed by atoms with Gasteiger partial charge in [0, 0.05) is 25.7 Å². The summed E-state index contributed by atoms with van der Waals surface area (Å²) in [5.41, 5.74) is 3.51. The first-order chi connectivity index (χ1) is 15.0. The van der Waals surface area contributed by atoms with Gasteiger partial charge in [0.1, 0.15) is 5.82 Å². The molecule has 4 rings (SSSR count). The molecular formula is C24H29N5OS. The Kier molecular flexibility index (Phi) is 6.73. The summed E-state index contributed by atoms with van der Waals surface area (Å²) in [7, 11) is 0. The summed E-state index contributed by atoms with van der Waals surface area (Å²) in [6.45, 7) is 8.76. The van der Waals surface area contributed by atoms with Gasteiger partial charge >= 0.3 is 0 Å². The van der Waals surface area contributed by atoms with Gasteiger partial charge in [-0.05, 0) is 44.4 Å². The van der Waals surface area contributed by atoms with Crippen molar-refractivity contribution < 1.29 is 4.79 Å². The number of benzene rings is 2. The molecule has 2 unspecified atom stereocenters. The highest BCUT2D eigenvalue weighted by Crippen LogP contribution is 2.27. The lowest BCUT2D eigenvalue weighted by Crippen LogP contribution is -2.40. The molecule has 0 spiro atoms. The average Bonchev–Trinajstić information content (AvgIpc) is 3.35. The molecule has 1 fully saturated rings. The van der Waals surface area contributed by atoms with Gasteiger partial charge in [-0.1, -0.05) is 60.3 Å². The molecule has 6 nitrogen and oxygen atoms in total. The topological polar surface area (TPSA) is 63.1 Å². The van der Waals surface area contributed by atoms with Crippen molar-refractivity contribution in [2.45, 2.75) is 50.2 Å². The van der Waals surface area contributed by atoms with Crippen LogP contribution in [0.15, 0.2) is 59.8 Å². The molecule has 31 heavy (non-hydrogen) atoms. The summed E-state index contributed by atoms with van der Waals surface area (Å²) in [6.07, 6.45) is 0.981. The van der Waals surface area contributed by atoms with Crippen molar-refractivity contribution >= 4 is 17.7 Å². The molecule has 1 N–H and O–H groups in total. The molecule has 0 aliphatic carbocycles. The maximum atomic E-state index is 12.9. The molecule has 1 aromatic heterocycles. The number of aromatic nitrogens is 3. The summed E-state index contributed by atoms with van der Waals surface area (Å²) in [5.74, 6) is 0.866. The third-order valence-corrected chi connectivity index (χ3v) is 6.71. The standard InChI is InChI=1S/C24H29N5OS/c1-17-9-7-8-12-22(17)29-19(3)26-27-24(29)31-18(2)23(30)25-21-13-14-28(16-21)15-20-10-5-4-6-11-20/h4-12,18,21H,13-16H2,1-3H3,(H,25,30). The minimum atomic E-state index is -0.255. The lowest BCUT2D eigenvalue weighted by atomic mass is 10.2. The van der Waals surface area contributed by atoms with Gasteiger partial charge in [-0.2, -0.15) is 0 Å². The fourth-order valence-electron chi connectivity index (χ4n) is 3.98. The third-order valence-electron chi connectivity index (χ3n) is 5.67. The summed E-state index contributed by atoms with van der Waals surface area (Å²) in [4.78, 5) is 15.3. The van der Waals surface area contributed by atoms with Crippen LogP contribution in [-0.4, -0.2) is 50.0 Å². The van der Waals surface area contributed by atoms with Crippen LogP contribution >= 0.6 is 11.8 Å². The van der Waals surface area contributed by atoms with E-state index in [0.29, 0.717) is 0 Å². The molecule has 1 saturated heterocycles. The van der Waals surface area contributed by atoms with E-state index < -0.39 is 0 Å². The van der Waals surface area contributed by atoms with E-state index in [0.717, 1.165) is 48.3 Å². The van der Waals surface area contributed by atoms with Gasteiger partial charge < -0.3 is 5.32 Å². The largest absolute Gasteiger partial charge is 0.351 e. The number of amides is 1. The summed E-state index contributed by atoms with van der Waals surface area (Å²) in [6, 6.07) is 18.8. The van der Waals surface area contributed by atoms with Gasteiger partial charge in [-0.25, -0.2) is 0 Å². The highest BCUT2D eigenvalue weighted by atomic mass is 32.2. The van der Waals surface area contributed by atoms with Crippen molar-refractivity contribution in [2.75, 3.05) is 13.1 Å². The van der Waals surface area contributed by atoms with Crippen LogP contribution in [0.2, 0.25) is 0 Å². The zero-order valence-electron chi connectivity index (χ0n) is 18.3. The van der Waals surface area contributed by atoms with Crippen LogP contribution in [0, 0.1) is 13.8 Å². The van der Waals surface area contributed by atoms with E-state index in [4.69, 9.17) is 0 Å².